The van der Waals surface area contributed by atoms with E-state index in [2.05, 4.69) is 31.0 Å². The lowest BCUT2D eigenvalue weighted by Crippen LogP contribution is -2.32. The molecule has 0 bridgehead atoms. The minimum Gasteiger partial charge on any atom is -0.377 e. The molecule has 1 aromatic heterocycles. The van der Waals surface area contributed by atoms with Gasteiger partial charge in [-0.25, -0.2) is 18.1 Å². The summed E-state index contributed by atoms with van der Waals surface area (Å²) in [5, 5.41) is 2.77. The zero-order valence-corrected chi connectivity index (χ0v) is 12.9. The highest BCUT2D eigenvalue weighted by Crippen LogP contribution is 2.22. The Kier molecular flexibility index (Phi) is 4.77. The monoisotopic (exact) mass is 349 g/mol. The van der Waals surface area contributed by atoms with Crippen molar-refractivity contribution in [3.8, 4) is 0 Å². The first-order valence-corrected chi connectivity index (χ1v) is 8.25. The second-order valence-electron chi connectivity index (χ2n) is 4.24. The fraction of sp³-hybridized carbons (Fsp3) is 0.545. The van der Waals surface area contributed by atoms with E-state index in [0.717, 1.165) is 12.8 Å². The first kappa shape index (κ1) is 14.7. The zero-order valence-electron chi connectivity index (χ0n) is 10.5. The Labute approximate surface area is 121 Å². The van der Waals surface area contributed by atoms with Crippen LogP contribution in [0.5, 0.6) is 0 Å². The van der Waals surface area contributed by atoms with Crippen molar-refractivity contribution in [3.05, 3.63) is 16.7 Å². The average molecular weight is 350 g/mol. The summed E-state index contributed by atoms with van der Waals surface area (Å²) >= 11 is 3.23. The van der Waals surface area contributed by atoms with Crippen molar-refractivity contribution in [3.63, 3.8) is 0 Å². The first-order valence-electron chi connectivity index (χ1n) is 5.97. The van der Waals surface area contributed by atoms with Crippen LogP contribution in [0.2, 0.25) is 0 Å². The SMILES string of the molecule is CNc1ncc(Br)cc1S(=O)(=O)NCC1CCCO1. The number of rotatable bonds is 5. The molecule has 1 saturated heterocycles. The molecule has 0 radical (unpaired) electrons. The van der Waals surface area contributed by atoms with E-state index >= 15 is 0 Å². The van der Waals surface area contributed by atoms with Gasteiger partial charge in [0.05, 0.1) is 6.10 Å². The maximum absolute atomic E-state index is 12.3. The maximum atomic E-state index is 12.3. The van der Waals surface area contributed by atoms with Crippen LogP contribution in [0.4, 0.5) is 5.82 Å². The van der Waals surface area contributed by atoms with Gasteiger partial charge in [-0.05, 0) is 34.8 Å². The van der Waals surface area contributed by atoms with Crippen LogP contribution in [-0.4, -0.2) is 39.7 Å². The van der Waals surface area contributed by atoms with Crippen molar-refractivity contribution >= 4 is 31.8 Å². The average Bonchev–Trinajstić information content (AvgIpc) is 2.89. The molecule has 1 aliphatic heterocycles. The number of hydrogen-bond acceptors (Lipinski definition) is 5. The van der Waals surface area contributed by atoms with Crippen LogP contribution >= 0.6 is 15.9 Å². The molecule has 8 heteroatoms. The third-order valence-electron chi connectivity index (χ3n) is 2.87. The predicted octanol–water partition coefficient (Wildman–Crippen LogP) is 1.34. The number of ether oxygens (including phenoxy) is 1. The van der Waals surface area contributed by atoms with Crippen LogP contribution in [0.25, 0.3) is 0 Å². The molecule has 1 atom stereocenters. The molecule has 2 N–H and O–H groups in total. The number of pyridine rings is 1. The number of nitrogens with one attached hydrogen (secondary N) is 2. The van der Waals surface area contributed by atoms with Crippen LogP contribution in [0.1, 0.15) is 12.8 Å². The first-order chi connectivity index (χ1) is 9.03. The van der Waals surface area contributed by atoms with Crippen molar-refractivity contribution in [2.45, 2.75) is 23.8 Å². The molecule has 0 saturated carbocycles. The Morgan fingerprint density at radius 3 is 3.00 bits per heavy atom. The Morgan fingerprint density at radius 1 is 1.58 bits per heavy atom. The molecule has 2 rings (SSSR count). The molecule has 106 valence electrons. The molecule has 2 heterocycles. The van der Waals surface area contributed by atoms with Crippen LogP contribution in [0, 0.1) is 0 Å². The third-order valence-corrected chi connectivity index (χ3v) is 4.74. The highest BCUT2D eigenvalue weighted by atomic mass is 79.9. The molecule has 1 fully saturated rings. The summed E-state index contributed by atoms with van der Waals surface area (Å²) in [6.45, 7) is 0.991. The van der Waals surface area contributed by atoms with Crippen molar-refractivity contribution in [1.29, 1.82) is 0 Å². The lowest BCUT2D eigenvalue weighted by atomic mass is 10.2. The Hall–Kier alpha value is -0.700. The van der Waals surface area contributed by atoms with E-state index in [-0.39, 0.29) is 17.5 Å². The minimum atomic E-state index is -3.60. The van der Waals surface area contributed by atoms with Crippen LogP contribution in [0.3, 0.4) is 0 Å². The smallest absolute Gasteiger partial charge is 0.244 e. The fourth-order valence-electron chi connectivity index (χ4n) is 1.90. The quantitative estimate of drug-likeness (QED) is 0.838. The largest absolute Gasteiger partial charge is 0.377 e. The molecule has 0 amide bonds. The Morgan fingerprint density at radius 2 is 2.37 bits per heavy atom. The number of aromatic nitrogens is 1. The molecule has 19 heavy (non-hydrogen) atoms. The summed E-state index contributed by atoms with van der Waals surface area (Å²) in [5.41, 5.74) is 0. The molecule has 6 nitrogen and oxygen atoms in total. The van der Waals surface area contributed by atoms with Crippen molar-refractivity contribution < 1.29 is 13.2 Å². The van der Waals surface area contributed by atoms with E-state index in [1.54, 1.807) is 13.2 Å². The molecular formula is C11H16BrN3O3S. The van der Waals surface area contributed by atoms with Crippen molar-refractivity contribution in [1.82, 2.24) is 9.71 Å². The third kappa shape index (κ3) is 3.65. The molecule has 0 spiro atoms. The van der Waals surface area contributed by atoms with Crippen LogP contribution in [-0.2, 0) is 14.8 Å². The van der Waals surface area contributed by atoms with Gasteiger partial charge in [0, 0.05) is 30.9 Å². The second kappa shape index (κ2) is 6.17. The van der Waals surface area contributed by atoms with Gasteiger partial charge in [0.25, 0.3) is 0 Å². The maximum Gasteiger partial charge on any atom is 0.244 e. The topological polar surface area (TPSA) is 80.3 Å². The molecule has 0 aliphatic carbocycles. The summed E-state index contributed by atoms with van der Waals surface area (Å²) in [7, 11) is -1.96. The van der Waals surface area contributed by atoms with Gasteiger partial charge >= 0.3 is 0 Å². The summed E-state index contributed by atoms with van der Waals surface area (Å²) in [4.78, 5) is 4.16. The zero-order chi connectivity index (χ0) is 13.9. The van der Waals surface area contributed by atoms with Gasteiger partial charge < -0.3 is 10.1 Å². The standard InChI is InChI=1S/C11H16BrN3O3S/c1-13-11-10(5-8(12)6-14-11)19(16,17)15-7-9-3-2-4-18-9/h5-6,9,15H,2-4,7H2,1H3,(H,13,14). The molecule has 0 aromatic carbocycles. The van der Waals surface area contributed by atoms with E-state index in [4.69, 9.17) is 4.74 Å². The van der Waals surface area contributed by atoms with E-state index in [1.807, 2.05) is 0 Å². The van der Waals surface area contributed by atoms with Gasteiger partial charge in [0.2, 0.25) is 10.0 Å². The minimum absolute atomic E-state index is 0.0343. The van der Waals surface area contributed by atoms with Crippen molar-refractivity contribution in [2.24, 2.45) is 0 Å². The Bertz CT molecular complexity index is 544. The van der Waals surface area contributed by atoms with Gasteiger partial charge in [-0.3, -0.25) is 0 Å². The van der Waals surface area contributed by atoms with E-state index < -0.39 is 10.0 Å². The molecule has 1 aliphatic rings. The molecule has 1 unspecified atom stereocenters. The number of hydrogen-bond donors (Lipinski definition) is 2. The summed E-state index contributed by atoms with van der Waals surface area (Å²) in [6, 6.07) is 1.52. The lowest BCUT2D eigenvalue weighted by molar-refractivity contribution is 0.114. The summed E-state index contributed by atoms with van der Waals surface area (Å²) in [5.74, 6) is 0.322. The van der Waals surface area contributed by atoms with Crippen LogP contribution < -0.4 is 10.0 Å². The number of halogens is 1. The van der Waals surface area contributed by atoms with Gasteiger partial charge in [-0.15, -0.1) is 0 Å². The highest BCUT2D eigenvalue weighted by molar-refractivity contribution is 9.10. The second-order valence-corrected chi connectivity index (χ2v) is 6.89. The highest BCUT2D eigenvalue weighted by Gasteiger charge is 2.23. The van der Waals surface area contributed by atoms with Crippen molar-refractivity contribution in [2.75, 3.05) is 25.5 Å². The molecular weight excluding hydrogens is 334 g/mol. The van der Waals surface area contributed by atoms with Crippen LogP contribution in [0.15, 0.2) is 21.6 Å². The Balaban J connectivity index is 2.16. The van der Waals surface area contributed by atoms with Gasteiger partial charge in [0.1, 0.15) is 10.7 Å². The number of nitrogens with zero attached hydrogens (tertiary/aromatic N) is 1. The molecule has 1 aromatic rings. The summed E-state index contributed by atoms with van der Waals surface area (Å²) in [6.07, 6.45) is 3.38. The summed E-state index contributed by atoms with van der Waals surface area (Å²) < 4.78 is 33.1. The fourth-order valence-corrected chi connectivity index (χ4v) is 3.63. The van der Waals surface area contributed by atoms with Gasteiger partial charge in [0.15, 0.2) is 0 Å². The normalized spacial score (nSPS) is 19.6. The van der Waals surface area contributed by atoms with E-state index in [9.17, 15) is 8.42 Å². The number of sulfonamides is 1. The lowest BCUT2D eigenvalue weighted by Gasteiger charge is -2.13. The number of anilines is 1. The van der Waals surface area contributed by atoms with Gasteiger partial charge in [-0.2, -0.15) is 0 Å². The van der Waals surface area contributed by atoms with E-state index in [1.165, 1.54) is 6.07 Å². The van der Waals surface area contributed by atoms with Gasteiger partial charge in [-0.1, -0.05) is 0 Å². The predicted molar refractivity (Wildman–Crippen MR) is 75.6 cm³/mol. The van der Waals surface area contributed by atoms with E-state index in [0.29, 0.717) is 16.9 Å².